The zero-order valence-electron chi connectivity index (χ0n) is 4.94. The lowest BCUT2D eigenvalue weighted by atomic mass is 10.9. The summed E-state index contributed by atoms with van der Waals surface area (Å²) in [5.74, 6) is 0. The topological polar surface area (TPSA) is 35.5 Å². The molecule has 10 heavy (non-hydrogen) atoms. The van der Waals surface area contributed by atoms with Gasteiger partial charge in [-0.25, -0.2) is 4.79 Å². The minimum atomic E-state index is -4.97. The second-order valence-electron chi connectivity index (χ2n) is 1.15. The van der Waals surface area contributed by atoms with Crippen molar-refractivity contribution >= 4 is 6.16 Å². The molecule has 59 valence electrons. The van der Waals surface area contributed by atoms with Gasteiger partial charge >= 0.3 is 12.5 Å². The fraction of sp³-hybridized carbons (Fsp3) is 0.500. The minimum absolute atomic E-state index is 0.786. The van der Waals surface area contributed by atoms with Crippen LogP contribution in [0.4, 0.5) is 18.0 Å². The summed E-state index contributed by atoms with van der Waals surface area (Å²) < 4.78 is 39.8. The summed E-state index contributed by atoms with van der Waals surface area (Å²) >= 11 is 0. The first-order valence-corrected chi connectivity index (χ1v) is 2.20. The number of carbonyl (C=O) groups is 1. The van der Waals surface area contributed by atoms with Crippen molar-refractivity contribution < 1.29 is 27.4 Å². The first-order chi connectivity index (χ1) is 4.45. The Labute approximate surface area is 54.7 Å². The van der Waals surface area contributed by atoms with E-state index < -0.39 is 12.5 Å². The summed E-state index contributed by atoms with van der Waals surface area (Å²) in [6.07, 6.45) is -6.75. The number of hydrogen-bond donors (Lipinski definition) is 0. The maximum absolute atomic E-state index is 11.1. The molecule has 1 radical (unpaired) electrons. The molecular weight excluding hydrogens is 153 g/mol. The molecule has 0 saturated heterocycles. The van der Waals surface area contributed by atoms with Gasteiger partial charge in [-0.3, -0.25) is 0 Å². The van der Waals surface area contributed by atoms with Gasteiger partial charge in [-0.1, -0.05) is 0 Å². The Balaban J connectivity index is 3.58. The molecule has 0 amide bonds. The van der Waals surface area contributed by atoms with Crippen LogP contribution in [0.5, 0.6) is 0 Å². The van der Waals surface area contributed by atoms with Crippen molar-refractivity contribution in [2.24, 2.45) is 0 Å². The van der Waals surface area contributed by atoms with Gasteiger partial charge in [-0.05, 0) is 6.92 Å². The number of hydrogen-bond acceptors (Lipinski definition) is 3. The molecule has 0 bridgehead atoms. The van der Waals surface area contributed by atoms with E-state index in [0.717, 1.165) is 6.61 Å². The summed E-state index contributed by atoms with van der Waals surface area (Å²) in [5.41, 5.74) is 0. The highest BCUT2D eigenvalue weighted by Crippen LogP contribution is 2.16. The van der Waals surface area contributed by atoms with E-state index in [1.54, 1.807) is 0 Å². The SMILES string of the molecule is C[CH]OC(=O)OC(F)(F)F. The molecule has 0 saturated carbocycles. The van der Waals surface area contributed by atoms with Gasteiger partial charge in [0.05, 0.1) is 0 Å². The highest BCUT2D eigenvalue weighted by Gasteiger charge is 2.34. The summed E-state index contributed by atoms with van der Waals surface area (Å²) in [6, 6.07) is 0. The zero-order valence-corrected chi connectivity index (χ0v) is 4.94. The normalized spacial score (nSPS) is 10.8. The first kappa shape index (κ1) is 9.06. The van der Waals surface area contributed by atoms with Gasteiger partial charge in [0.15, 0.2) is 0 Å². The Morgan fingerprint density at radius 2 is 2.00 bits per heavy atom. The number of ether oxygens (including phenoxy) is 2. The second-order valence-corrected chi connectivity index (χ2v) is 1.15. The van der Waals surface area contributed by atoms with Crippen LogP contribution in [0.2, 0.25) is 0 Å². The lowest BCUT2D eigenvalue weighted by Crippen LogP contribution is -2.19. The van der Waals surface area contributed by atoms with Crippen LogP contribution < -0.4 is 0 Å². The van der Waals surface area contributed by atoms with Crippen LogP contribution in [0.15, 0.2) is 0 Å². The molecule has 0 heterocycles. The third kappa shape index (κ3) is 5.20. The van der Waals surface area contributed by atoms with Crippen LogP contribution in [-0.4, -0.2) is 12.5 Å². The van der Waals surface area contributed by atoms with E-state index >= 15 is 0 Å². The highest BCUT2D eigenvalue weighted by molar-refractivity contribution is 5.60. The van der Waals surface area contributed by atoms with E-state index in [4.69, 9.17) is 0 Å². The van der Waals surface area contributed by atoms with E-state index in [9.17, 15) is 18.0 Å². The van der Waals surface area contributed by atoms with Crippen LogP contribution >= 0.6 is 0 Å². The minimum Gasteiger partial charge on any atom is -0.427 e. The second kappa shape index (κ2) is 3.28. The van der Waals surface area contributed by atoms with E-state index in [-0.39, 0.29) is 0 Å². The van der Waals surface area contributed by atoms with Crippen molar-refractivity contribution in [3.05, 3.63) is 6.61 Å². The fourth-order valence-corrected chi connectivity index (χ4v) is 0.215. The largest absolute Gasteiger partial charge is 0.577 e. The highest BCUT2D eigenvalue weighted by atomic mass is 19.4. The van der Waals surface area contributed by atoms with E-state index in [1.807, 2.05) is 0 Å². The number of carbonyl (C=O) groups excluding carboxylic acids is 1. The monoisotopic (exact) mass is 157 g/mol. The molecule has 0 fully saturated rings. The van der Waals surface area contributed by atoms with Crippen molar-refractivity contribution in [3.8, 4) is 0 Å². The fourth-order valence-electron chi connectivity index (χ4n) is 0.215. The van der Waals surface area contributed by atoms with Crippen molar-refractivity contribution in [1.82, 2.24) is 0 Å². The summed E-state index contributed by atoms with van der Waals surface area (Å²) in [5, 5.41) is 0. The number of halogens is 3. The zero-order chi connectivity index (χ0) is 8.20. The van der Waals surface area contributed by atoms with Crippen LogP contribution in [0.25, 0.3) is 0 Å². The Hall–Kier alpha value is -0.940. The molecule has 0 unspecified atom stereocenters. The van der Waals surface area contributed by atoms with Gasteiger partial charge < -0.3 is 9.47 Å². The molecule has 0 aromatic rings. The molecule has 0 spiro atoms. The van der Waals surface area contributed by atoms with Gasteiger partial charge in [0.2, 0.25) is 0 Å². The maximum Gasteiger partial charge on any atom is 0.577 e. The van der Waals surface area contributed by atoms with Crippen LogP contribution in [0, 0.1) is 6.61 Å². The molecule has 0 aliphatic rings. The lowest BCUT2D eigenvalue weighted by Gasteiger charge is -2.04. The van der Waals surface area contributed by atoms with Crippen molar-refractivity contribution in [2.45, 2.75) is 13.3 Å². The number of rotatable bonds is 1. The number of alkyl halides is 3. The smallest absolute Gasteiger partial charge is 0.427 e. The third-order valence-corrected chi connectivity index (χ3v) is 0.413. The molecule has 0 aromatic carbocycles. The molecule has 0 N–H and O–H groups in total. The summed E-state index contributed by atoms with van der Waals surface area (Å²) in [6.45, 7) is 2.03. The Kier molecular flexibility index (Phi) is 2.98. The molecule has 6 heteroatoms. The van der Waals surface area contributed by atoms with Gasteiger partial charge in [0.25, 0.3) is 0 Å². The maximum atomic E-state index is 11.1. The van der Waals surface area contributed by atoms with E-state index in [1.165, 1.54) is 6.92 Å². The lowest BCUT2D eigenvalue weighted by molar-refractivity contribution is -0.298. The van der Waals surface area contributed by atoms with Crippen LogP contribution in [0.3, 0.4) is 0 Å². The summed E-state index contributed by atoms with van der Waals surface area (Å²) in [7, 11) is 0. The van der Waals surface area contributed by atoms with Gasteiger partial charge in [-0.15, -0.1) is 13.2 Å². The third-order valence-electron chi connectivity index (χ3n) is 0.413. The van der Waals surface area contributed by atoms with Crippen LogP contribution in [-0.2, 0) is 9.47 Å². The molecule has 0 atom stereocenters. The first-order valence-electron chi connectivity index (χ1n) is 2.20. The van der Waals surface area contributed by atoms with E-state index in [0.29, 0.717) is 0 Å². The molecular formula is C4H4F3O3. The van der Waals surface area contributed by atoms with E-state index in [2.05, 4.69) is 9.47 Å². The Morgan fingerprint density at radius 3 is 2.30 bits per heavy atom. The van der Waals surface area contributed by atoms with Gasteiger partial charge in [-0.2, -0.15) is 0 Å². The van der Waals surface area contributed by atoms with Crippen LogP contribution in [0.1, 0.15) is 6.92 Å². The average molecular weight is 157 g/mol. The summed E-state index contributed by atoms with van der Waals surface area (Å²) in [4.78, 5) is 9.86. The predicted molar refractivity (Wildman–Crippen MR) is 23.6 cm³/mol. The standard InChI is InChI=1S/C4H4F3O3/c1-2-9-3(8)10-4(5,6)7/h2H,1H3. The van der Waals surface area contributed by atoms with Crippen molar-refractivity contribution in [2.75, 3.05) is 0 Å². The molecule has 0 aromatic heterocycles. The molecule has 3 nitrogen and oxygen atoms in total. The molecule has 0 aliphatic heterocycles. The van der Waals surface area contributed by atoms with Gasteiger partial charge in [0.1, 0.15) is 6.61 Å². The quantitative estimate of drug-likeness (QED) is 0.544. The Bertz CT molecular complexity index is 119. The Morgan fingerprint density at radius 1 is 1.50 bits per heavy atom. The molecule has 0 rings (SSSR count). The predicted octanol–water partition coefficient (Wildman–Crippen LogP) is 1.84. The van der Waals surface area contributed by atoms with Crippen molar-refractivity contribution in [3.63, 3.8) is 0 Å². The van der Waals surface area contributed by atoms with Crippen molar-refractivity contribution in [1.29, 1.82) is 0 Å². The average Bonchev–Trinajstić information content (AvgIpc) is 1.59. The van der Waals surface area contributed by atoms with Gasteiger partial charge in [0, 0.05) is 0 Å². The molecule has 0 aliphatic carbocycles.